The van der Waals surface area contributed by atoms with Crippen LogP contribution in [0.3, 0.4) is 0 Å². The van der Waals surface area contributed by atoms with Crippen molar-refractivity contribution in [2.24, 2.45) is 23.7 Å². The highest BCUT2D eigenvalue weighted by Gasteiger charge is 2.90. The van der Waals surface area contributed by atoms with Gasteiger partial charge in [-0.2, -0.15) is 0 Å². The van der Waals surface area contributed by atoms with E-state index in [4.69, 9.17) is 52.1 Å². The van der Waals surface area contributed by atoms with Crippen LogP contribution in [0.2, 0.25) is 0 Å². The number of rotatable bonds is 4. The monoisotopic (exact) mass is 744 g/mol. The molecule has 13 heteroatoms. The van der Waals surface area contributed by atoms with Gasteiger partial charge in [0.05, 0.1) is 80.3 Å². The van der Waals surface area contributed by atoms with Gasteiger partial charge in [-0.3, -0.25) is 0 Å². The van der Waals surface area contributed by atoms with Crippen molar-refractivity contribution in [3.63, 3.8) is 0 Å². The molecule has 3 aromatic rings. The number of hydrogen-bond donors (Lipinski definition) is 0. The highest BCUT2D eigenvalue weighted by atomic mass is 16.6. The zero-order chi connectivity index (χ0) is 36.9. The summed E-state index contributed by atoms with van der Waals surface area (Å²) in [6, 6.07) is 11.9. The van der Waals surface area contributed by atoms with Gasteiger partial charge < -0.3 is 52.1 Å². The summed E-state index contributed by atoms with van der Waals surface area (Å²) in [5.41, 5.74) is 0.738. The van der Waals surface area contributed by atoms with Crippen molar-refractivity contribution in [3.8, 4) is 23.0 Å². The van der Waals surface area contributed by atoms with Crippen molar-refractivity contribution in [1.82, 2.24) is 0 Å². The molecule has 5 heterocycles. The van der Waals surface area contributed by atoms with Gasteiger partial charge >= 0.3 is 11.9 Å². The Bertz CT molecular complexity index is 1890. The van der Waals surface area contributed by atoms with Crippen LogP contribution in [0.1, 0.15) is 52.7 Å². The van der Waals surface area contributed by atoms with Gasteiger partial charge in [0.25, 0.3) is 0 Å². The second-order valence-corrected chi connectivity index (χ2v) is 15.1. The molecule has 54 heavy (non-hydrogen) atoms. The van der Waals surface area contributed by atoms with Gasteiger partial charge in [0.15, 0.2) is 22.7 Å². The predicted molar refractivity (Wildman–Crippen MR) is 188 cm³/mol. The Morgan fingerprint density at radius 2 is 1.04 bits per heavy atom. The second-order valence-electron chi connectivity index (χ2n) is 15.1. The lowest BCUT2D eigenvalue weighted by atomic mass is 9.49. The summed E-state index contributed by atoms with van der Waals surface area (Å²) in [5.74, 6) is -0.748. The molecule has 0 amide bonds. The molecule has 2 aliphatic carbocycles. The van der Waals surface area contributed by atoms with Gasteiger partial charge in [0.1, 0.15) is 24.7 Å². The van der Waals surface area contributed by atoms with Crippen molar-refractivity contribution >= 4 is 22.7 Å². The van der Waals surface area contributed by atoms with Crippen LogP contribution in [-0.4, -0.2) is 104 Å². The number of carbonyl (C=O) groups is 2. The standard InChI is InChI=1S/C41H44O13/c1-44-34-20-7-5-6-8-21(20)35(45-2)29-25-17-24(28(29)34)30-31(25)41(39(43)47-4)33-32(40(30,54-41)38(42)46-3)36-22-18-26-27(19-23(22)37(33)53-36)52-16-14-50-12-10-48-9-11-49-13-15-51-26/h5-8,18-19,24-25,30-33,36-37H,9-17H2,1-4H3/t24-,25+,30-,31+,32-,33+,36+,37-,40-,41+. The molecule has 0 radical (unpaired) electrons. The zero-order valence-electron chi connectivity index (χ0n) is 30.8. The molecule has 0 aromatic heterocycles. The topological polar surface area (TPSA) is 136 Å². The van der Waals surface area contributed by atoms with Crippen LogP contribution in [0.5, 0.6) is 23.0 Å². The van der Waals surface area contributed by atoms with E-state index in [0.717, 1.165) is 44.5 Å². The van der Waals surface area contributed by atoms with E-state index in [1.54, 1.807) is 14.2 Å². The maximum Gasteiger partial charge on any atom is 0.338 e. The van der Waals surface area contributed by atoms with Crippen LogP contribution in [0.25, 0.3) is 10.8 Å². The molecule has 6 bridgehead atoms. The molecule has 7 aliphatic rings. The summed E-state index contributed by atoms with van der Waals surface area (Å²) in [7, 11) is 6.13. The first-order chi connectivity index (χ1) is 26.5. The summed E-state index contributed by atoms with van der Waals surface area (Å²) in [6.45, 7) is 3.13. The van der Waals surface area contributed by atoms with Crippen molar-refractivity contribution < 1.29 is 61.7 Å². The van der Waals surface area contributed by atoms with Crippen molar-refractivity contribution in [2.45, 2.75) is 41.7 Å². The molecule has 5 aliphatic heterocycles. The first-order valence-electron chi connectivity index (χ1n) is 18.8. The maximum atomic E-state index is 14.6. The third-order valence-electron chi connectivity index (χ3n) is 13.2. The number of methoxy groups -OCH3 is 4. The average molecular weight is 745 g/mol. The molecule has 0 unspecified atom stereocenters. The minimum atomic E-state index is -1.51. The van der Waals surface area contributed by atoms with Crippen molar-refractivity contribution in [1.29, 1.82) is 0 Å². The van der Waals surface area contributed by atoms with Gasteiger partial charge in [0, 0.05) is 45.6 Å². The van der Waals surface area contributed by atoms with Gasteiger partial charge in [-0.05, 0) is 41.5 Å². The maximum absolute atomic E-state index is 14.6. The zero-order valence-corrected chi connectivity index (χ0v) is 30.8. The quantitative estimate of drug-likeness (QED) is 0.349. The van der Waals surface area contributed by atoms with E-state index in [-0.39, 0.29) is 11.8 Å². The summed E-state index contributed by atoms with van der Waals surface area (Å²) in [4.78, 5) is 29.3. The molecule has 10 atom stereocenters. The molecular formula is C41H44O13. The van der Waals surface area contributed by atoms with E-state index in [1.165, 1.54) is 14.2 Å². The van der Waals surface area contributed by atoms with E-state index in [2.05, 4.69) is 0 Å². The predicted octanol–water partition coefficient (Wildman–Crippen LogP) is 4.42. The molecule has 13 nitrogen and oxygen atoms in total. The van der Waals surface area contributed by atoms with Crippen LogP contribution in [0.15, 0.2) is 36.4 Å². The lowest BCUT2D eigenvalue weighted by molar-refractivity contribution is -0.192. The normalized spacial score (nSPS) is 35.7. The Hall–Kier alpha value is -4.14. The summed E-state index contributed by atoms with van der Waals surface area (Å²) < 4.78 is 67.4. The number of benzene rings is 3. The molecule has 10 rings (SSSR count). The minimum absolute atomic E-state index is 0.188. The minimum Gasteiger partial charge on any atom is -0.496 e. The Balaban J connectivity index is 1.12. The molecule has 286 valence electrons. The third kappa shape index (κ3) is 4.27. The Morgan fingerprint density at radius 1 is 0.611 bits per heavy atom. The smallest absolute Gasteiger partial charge is 0.338 e. The van der Waals surface area contributed by atoms with E-state index in [1.807, 2.05) is 36.4 Å². The fourth-order valence-corrected chi connectivity index (χ4v) is 11.8. The average Bonchev–Trinajstić information content (AvgIpc) is 4.04. The van der Waals surface area contributed by atoms with Crippen LogP contribution in [0, 0.1) is 23.7 Å². The molecular weight excluding hydrogens is 700 g/mol. The highest BCUT2D eigenvalue weighted by Crippen LogP contribution is 2.84. The third-order valence-corrected chi connectivity index (χ3v) is 13.2. The Morgan fingerprint density at radius 3 is 1.44 bits per heavy atom. The summed E-state index contributed by atoms with van der Waals surface area (Å²) in [6.07, 6.45) is -0.477. The van der Waals surface area contributed by atoms with Crippen LogP contribution >= 0.6 is 0 Å². The first kappa shape index (κ1) is 34.4. The van der Waals surface area contributed by atoms with Gasteiger partial charge in [0.2, 0.25) is 0 Å². The van der Waals surface area contributed by atoms with E-state index < -0.39 is 59.0 Å². The second kappa shape index (κ2) is 12.7. The Labute approximate surface area is 312 Å². The largest absolute Gasteiger partial charge is 0.496 e. The van der Waals surface area contributed by atoms with Crippen LogP contribution < -0.4 is 18.9 Å². The van der Waals surface area contributed by atoms with Crippen LogP contribution in [-0.2, 0) is 42.7 Å². The van der Waals surface area contributed by atoms with E-state index in [0.29, 0.717) is 70.8 Å². The number of hydrogen-bond acceptors (Lipinski definition) is 13. The Kier molecular flexibility index (Phi) is 8.08. The SMILES string of the molecule is COC(=O)[C@@]12O[C@@](C(=O)OC)([C@@H]3[C@H]1[C@@H]1C[C@H]3c3c1c(OC)c1ccccc1c3OC)[C@H]1[C@@H]2[C@H]2O[C@@H]1c1cc3c(cc12)OCCOCCOCCOCCO3. The molecule has 3 aromatic carbocycles. The molecule has 0 N–H and O–H groups in total. The lowest BCUT2D eigenvalue weighted by Gasteiger charge is -2.48. The number of esters is 2. The number of fused-ring (bicyclic) bond motifs is 24. The van der Waals surface area contributed by atoms with E-state index >= 15 is 0 Å². The van der Waals surface area contributed by atoms with Gasteiger partial charge in [-0.25, -0.2) is 9.59 Å². The van der Waals surface area contributed by atoms with Crippen molar-refractivity contribution in [3.05, 3.63) is 58.7 Å². The van der Waals surface area contributed by atoms with Gasteiger partial charge in [-0.15, -0.1) is 0 Å². The number of carbonyl (C=O) groups excluding carboxylic acids is 2. The summed E-state index contributed by atoms with van der Waals surface area (Å²) in [5, 5.41) is 1.86. The fraction of sp³-hybridized carbons (Fsp3) is 0.561. The van der Waals surface area contributed by atoms with E-state index in [9.17, 15) is 9.59 Å². The highest BCUT2D eigenvalue weighted by molar-refractivity contribution is 5.98. The first-order valence-corrected chi connectivity index (χ1v) is 18.8. The number of ether oxygens (including phenoxy) is 11. The molecule has 3 saturated heterocycles. The molecule has 4 fully saturated rings. The van der Waals surface area contributed by atoms with Crippen molar-refractivity contribution in [2.75, 3.05) is 81.3 Å². The fourth-order valence-electron chi connectivity index (χ4n) is 11.8. The summed E-state index contributed by atoms with van der Waals surface area (Å²) >= 11 is 0. The van der Waals surface area contributed by atoms with Crippen LogP contribution in [0.4, 0.5) is 0 Å². The molecule has 1 saturated carbocycles. The molecule has 0 spiro atoms. The van der Waals surface area contributed by atoms with Gasteiger partial charge in [-0.1, -0.05) is 24.3 Å². The lowest BCUT2D eigenvalue weighted by Crippen LogP contribution is -2.60.